The molecule has 3 heteroatoms. The van der Waals surface area contributed by atoms with E-state index in [2.05, 4.69) is 174 Å². The van der Waals surface area contributed by atoms with Crippen LogP contribution >= 0.6 is 0 Å². The maximum absolute atomic E-state index is 5.19. The van der Waals surface area contributed by atoms with Crippen LogP contribution in [0.2, 0.25) is 0 Å². The van der Waals surface area contributed by atoms with E-state index in [4.69, 9.17) is 9.97 Å². The molecule has 228 valence electrons. The zero-order valence-electron chi connectivity index (χ0n) is 26.6. The van der Waals surface area contributed by atoms with E-state index in [9.17, 15) is 0 Å². The average molecular weight is 624 g/mol. The molecule has 10 aromatic rings. The first-order valence-corrected chi connectivity index (χ1v) is 16.7. The van der Waals surface area contributed by atoms with Gasteiger partial charge in [-0.2, -0.15) is 0 Å². The quantitative estimate of drug-likeness (QED) is 0.195. The van der Waals surface area contributed by atoms with Crippen molar-refractivity contribution in [3.8, 4) is 39.5 Å². The van der Waals surface area contributed by atoms with Crippen molar-refractivity contribution in [2.24, 2.45) is 0 Å². The van der Waals surface area contributed by atoms with E-state index >= 15 is 0 Å². The van der Waals surface area contributed by atoms with Gasteiger partial charge in [0.15, 0.2) is 5.82 Å². The van der Waals surface area contributed by atoms with Crippen LogP contribution < -0.4 is 0 Å². The number of aromatic nitrogens is 3. The zero-order chi connectivity index (χ0) is 32.3. The summed E-state index contributed by atoms with van der Waals surface area (Å²) in [5.74, 6) is 0.715. The van der Waals surface area contributed by atoms with E-state index < -0.39 is 0 Å². The van der Waals surface area contributed by atoms with Gasteiger partial charge < -0.3 is 4.57 Å². The van der Waals surface area contributed by atoms with Crippen molar-refractivity contribution in [3.05, 3.63) is 176 Å². The fourth-order valence-electron chi connectivity index (χ4n) is 7.39. The molecule has 0 aliphatic carbocycles. The maximum Gasteiger partial charge on any atom is 0.160 e. The molecule has 2 heterocycles. The number of rotatable bonds is 4. The van der Waals surface area contributed by atoms with Gasteiger partial charge in [-0.25, -0.2) is 9.97 Å². The summed E-state index contributed by atoms with van der Waals surface area (Å²) in [7, 11) is 0. The minimum Gasteiger partial charge on any atom is -0.309 e. The van der Waals surface area contributed by atoms with Gasteiger partial charge in [-0.15, -0.1) is 0 Å². The molecule has 8 aromatic carbocycles. The molecule has 0 fully saturated rings. The summed E-state index contributed by atoms with van der Waals surface area (Å²) >= 11 is 0. The van der Waals surface area contributed by atoms with Crippen LogP contribution in [0.4, 0.5) is 0 Å². The Morgan fingerprint density at radius 2 is 0.980 bits per heavy atom. The molecule has 0 saturated heterocycles. The average Bonchev–Trinajstić information content (AvgIpc) is 3.52. The molecule has 3 nitrogen and oxygen atoms in total. The number of fused-ring (bicyclic) bond motifs is 7. The summed E-state index contributed by atoms with van der Waals surface area (Å²) in [6.45, 7) is 0. The van der Waals surface area contributed by atoms with Crippen molar-refractivity contribution in [3.63, 3.8) is 0 Å². The highest BCUT2D eigenvalue weighted by atomic mass is 15.0. The van der Waals surface area contributed by atoms with Crippen molar-refractivity contribution >= 4 is 54.3 Å². The molecule has 49 heavy (non-hydrogen) atoms. The smallest absolute Gasteiger partial charge is 0.160 e. The molecule has 0 atom stereocenters. The maximum atomic E-state index is 5.19. The fraction of sp³-hybridized carbons (Fsp3) is 0. The first-order valence-electron chi connectivity index (χ1n) is 16.7. The first kappa shape index (κ1) is 27.5. The molecule has 0 spiro atoms. The van der Waals surface area contributed by atoms with Crippen molar-refractivity contribution in [2.75, 3.05) is 0 Å². The Balaban J connectivity index is 1.06. The Morgan fingerprint density at radius 3 is 1.82 bits per heavy atom. The molecular weight excluding hydrogens is 595 g/mol. The van der Waals surface area contributed by atoms with E-state index in [0.29, 0.717) is 5.82 Å². The molecule has 0 aliphatic rings. The van der Waals surface area contributed by atoms with Gasteiger partial charge >= 0.3 is 0 Å². The lowest BCUT2D eigenvalue weighted by Gasteiger charge is -2.12. The lowest BCUT2D eigenvalue weighted by Crippen LogP contribution is -1.97. The number of hydrogen-bond donors (Lipinski definition) is 0. The Bertz CT molecular complexity index is 2860. The van der Waals surface area contributed by atoms with Gasteiger partial charge in [0, 0.05) is 33.0 Å². The molecule has 0 N–H and O–H groups in total. The largest absolute Gasteiger partial charge is 0.309 e. The lowest BCUT2D eigenvalue weighted by atomic mass is 9.98. The summed E-state index contributed by atoms with van der Waals surface area (Å²) < 4.78 is 2.37. The van der Waals surface area contributed by atoms with Crippen LogP contribution in [0.1, 0.15) is 0 Å². The minimum absolute atomic E-state index is 0.715. The lowest BCUT2D eigenvalue weighted by molar-refractivity contribution is 1.17. The first-order chi connectivity index (χ1) is 24.3. The summed E-state index contributed by atoms with van der Waals surface area (Å²) in [4.78, 5) is 10.2. The Hall–Kier alpha value is -6.58. The molecule has 0 saturated carbocycles. The molecule has 0 amide bonds. The molecule has 0 radical (unpaired) electrons. The van der Waals surface area contributed by atoms with Crippen LogP contribution in [0, 0.1) is 0 Å². The van der Waals surface area contributed by atoms with Crippen LogP contribution in [0.15, 0.2) is 176 Å². The van der Waals surface area contributed by atoms with Gasteiger partial charge in [0.1, 0.15) is 0 Å². The Labute approximate surface area is 283 Å². The highest BCUT2D eigenvalue weighted by molar-refractivity contribution is 6.21. The third-order valence-corrected chi connectivity index (χ3v) is 9.79. The number of nitrogens with zero attached hydrogens (tertiary/aromatic N) is 3. The number of hydrogen-bond acceptors (Lipinski definition) is 2. The Morgan fingerprint density at radius 1 is 0.367 bits per heavy atom. The molecule has 0 bridgehead atoms. The van der Waals surface area contributed by atoms with Gasteiger partial charge in [-0.1, -0.05) is 127 Å². The number of benzene rings is 8. The topological polar surface area (TPSA) is 30.7 Å². The normalized spacial score (nSPS) is 11.7. The van der Waals surface area contributed by atoms with Gasteiger partial charge in [0.25, 0.3) is 0 Å². The van der Waals surface area contributed by atoms with Crippen molar-refractivity contribution < 1.29 is 0 Å². The molecular formula is C46H29N3. The summed E-state index contributed by atoms with van der Waals surface area (Å²) in [5, 5.41) is 8.60. The van der Waals surface area contributed by atoms with E-state index in [-0.39, 0.29) is 0 Å². The molecule has 10 rings (SSSR count). The van der Waals surface area contributed by atoms with Crippen molar-refractivity contribution in [2.45, 2.75) is 0 Å². The third-order valence-electron chi connectivity index (χ3n) is 9.79. The van der Waals surface area contributed by atoms with Gasteiger partial charge in [0.2, 0.25) is 0 Å². The second-order valence-electron chi connectivity index (χ2n) is 12.6. The fourth-order valence-corrected chi connectivity index (χ4v) is 7.39. The van der Waals surface area contributed by atoms with E-state index in [1.165, 1.54) is 54.5 Å². The standard InChI is InChI=1S/C46H29N3/c1-2-11-35-29-36(22-19-30(35)9-1)31-17-20-33(21-18-31)45-39-13-5-7-15-41(39)47-46(48-45)34-23-26-37(27-24-34)49-42-16-8-6-14-40(42)44-38-12-4-3-10-32(38)25-28-43(44)49/h1-29H. The van der Waals surface area contributed by atoms with Crippen LogP contribution in [-0.2, 0) is 0 Å². The summed E-state index contributed by atoms with van der Waals surface area (Å²) in [6, 6.07) is 62.6. The van der Waals surface area contributed by atoms with Gasteiger partial charge in [-0.3, -0.25) is 0 Å². The van der Waals surface area contributed by atoms with Crippen molar-refractivity contribution in [1.82, 2.24) is 14.5 Å². The van der Waals surface area contributed by atoms with Crippen LogP contribution in [0.3, 0.4) is 0 Å². The van der Waals surface area contributed by atoms with Crippen LogP contribution in [0.25, 0.3) is 93.7 Å². The van der Waals surface area contributed by atoms with Gasteiger partial charge in [-0.05, 0) is 81.2 Å². The van der Waals surface area contributed by atoms with Crippen LogP contribution in [0.5, 0.6) is 0 Å². The number of para-hydroxylation sites is 2. The van der Waals surface area contributed by atoms with Gasteiger partial charge in [0.05, 0.1) is 22.2 Å². The molecule has 2 aromatic heterocycles. The van der Waals surface area contributed by atoms with E-state index in [1.807, 2.05) is 6.07 Å². The predicted molar refractivity (Wildman–Crippen MR) is 205 cm³/mol. The summed E-state index contributed by atoms with van der Waals surface area (Å²) in [5.41, 5.74) is 9.80. The van der Waals surface area contributed by atoms with E-state index in [0.717, 1.165) is 33.4 Å². The summed E-state index contributed by atoms with van der Waals surface area (Å²) in [6.07, 6.45) is 0. The highest BCUT2D eigenvalue weighted by Crippen LogP contribution is 2.37. The minimum atomic E-state index is 0.715. The highest BCUT2D eigenvalue weighted by Gasteiger charge is 2.16. The van der Waals surface area contributed by atoms with Crippen molar-refractivity contribution in [1.29, 1.82) is 0 Å². The predicted octanol–water partition coefficient (Wildman–Crippen LogP) is 12.0. The van der Waals surface area contributed by atoms with E-state index in [1.54, 1.807) is 0 Å². The second-order valence-corrected chi connectivity index (χ2v) is 12.6. The van der Waals surface area contributed by atoms with Crippen LogP contribution in [-0.4, -0.2) is 14.5 Å². The monoisotopic (exact) mass is 623 g/mol. The molecule has 0 aliphatic heterocycles. The SMILES string of the molecule is c1ccc2cc(-c3ccc(-c4nc(-c5ccc(-n6c7ccccc7c7c8ccccc8ccc76)cc5)nc5ccccc45)cc3)ccc2c1. The third kappa shape index (κ3) is 4.51. The second kappa shape index (κ2) is 11.0. The zero-order valence-corrected chi connectivity index (χ0v) is 26.6. The Kier molecular flexibility index (Phi) is 6.18. The molecule has 0 unspecified atom stereocenters.